The number of carbonyl (C=O) groups is 1. The number of aromatic nitrogens is 1. The summed E-state index contributed by atoms with van der Waals surface area (Å²) in [6, 6.07) is 7.92. The van der Waals surface area contributed by atoms with E-state index in [0.717, 1.165) is 41.1 Å². The lowest BCUT2D eigenvalue weighted by Gasteiger charge is -2.13. The number of anilines is 1. The van der Waals surface area contributed by atoms with E-state index in [-0.39, 0.29) is 24.4 Å². The zero-order chi connectivity index (χ0) is 16.2. The van der Waals surface area contributed by atoms with Crippen LogP contribution < -0.4 is 11.1 Å². The summed E-state index contributed by atoms with van der Waals surface area (Å²) in [5, 5.41) is 4.28. The van der Waals surface area contributed by atoms with Gasteiger partial charge in [0.2, 0.25) is 5.91 Å². The van der Waals surface area contributed by atoms with Gasteiger partial charge in [0, 0.05) is 35.0 Å². The van der Waals surface area contributed by atoms with Gasteiger partial charge < -0.3 is 11.1 Å². The molecule has 1 aliphatic carbocycles. The van der Waals surface area contributed by atoms with Gasteiger partial charge in [0.25, 0.3) is 0 Å². The molecule has 0 saturated heterocycles. The van der Waals surface area contributed by atoms with Crippen molar-refractivity contribution < 1.29 is 4.79 Å². The van der Waals surface area contributed by atoms with Crippen LogP contribution in [0.1, 0.15) is 36.1 Å². The number of benzene rings is 1. The number of halogens is 2. The van der Waals surface area contributed by atoms with E-state index in [0.29, 0.717) is 17.5 Å². The lowest BCUT2D eigenvalue weighted by Crippen LogP contribution is -2.28. The molecule has 2 aromatic rings. The molecule has 7 heteroatoms. The van der Waals surface area contributed by atoms with Crippen molar-refractivity contribution in [3.05, 3.63) is 45.9 Å². The normalized spacial score (nSPS) is 19.8. The second-order valence-electron chi connectivity index (χ2n) is 6.01. The fourth-order valence-electron chi connectivity index (χ4n) is 3.00. The summed E-state index contributed by atoms with van der Waals surface area (Å²) in [5.41, 5.74) is 7.08. The topological polar surface area (TPSA) is 68.0 Å². The van der Waals surface area contributed by atoms with Gasteiger partial charge in [-0.25, -0.2) is 4.98 Å². The van der Waals surface area contributed by atoms with Gasteiger partial charge in [-0.3, -0.25) is 4.79 Å². The smallest absolute Gasteiger partial charge is 0.226 e. The number of carbonyl (C=O) groups excluding carboxylic acids is 1. The third kappa shape index (κ3) is 4.93. The average Bonchev–Trinajstić information content (AvgIpc) is 3.11. The number of thiazole rings is 1. The van der Waals surface area contributed by atoms with Crippen LogP contribution in [-0.2, 0) is 11.2 Å². The highest BCUT2D eigenvalue weighted by atomic mass is 35.5. The Morgan fingerprint density at radius 1 is 1.38 bits per heavy atom. The molecule has 24 heavy (non-hydrogen) atoms. The van der Waals surface area contributed by atoms with Gasteiger partial charge in [0.05, 0.1) is 0 Å². The first-order chi connectivity index (χ1) is 11.1. The zero-order valence-electron chi connectivity index (χ0n) is 13.2. The van der Waals surface area contributed by atoms with E-state index in [9.17, 15) is 4.79 Å². The average molecular weight is 386 g/mol. The van der Waals surface area contributed by atoms with E-state index in [1.54, 1.807) is 6.20 Å². The molecule has 0 unspecified atom stereocenters. The lowest BCUT2D eigenvalue weighted by molar-refractivity contribution is -0.117. The van der Waals surface area contributed by atoms with Crippen molar-refractivity contribution in [1.29, 1.82) is 0 Å². The van der Waals surface area contributed by atoms with Gasteiger partial charge >= 0.3 is 0 Å². The second kappa shape index (κ2) is 8.81. The molecule has 1 aromatic heterocycles. The van der Waals surface area contributed by atoms with E-state index >= 15 is 0 Å². The number of nitrogens with one attached hydrogen (secondary N) is 1. The van der Waals surface area contributed by atoms with E-state index < -0.39 is 0 Å². The highest BCUT2D eigenvalue weighted by Crippen LogP contribution is 2.28. The third-order valence-electron chi connectivity index (χ3n) is 4.29. The molecule has 1 saturated carbocycles. The standard InChI is InChI=1S/C17H20ClN3OS.ClH/c18-14-6-2-1-4-11(14)8-13-10-20-17(23-13)21-16(22)9-12-5-3-7-15(12)19;/h1-2,4,6,10,12,15H,3,5,7-9,19H2,(H,20,21,22);1H/t12-,15+;/m0./s1. The summed E-state index contributed by atoms with van der Waals surface area (Å²) in [5.74, 6) is 0.309. The van der Waals surface area contributed by atoms with Crippen LogP contribution in [-0.4, -0.2) is 16.9 Å². The first-order valence-corrected chi connectivity index (χ1v) is 9.05. The quantitative estimate of drug-likeness (QED) is 0.807. The van der Waals surface area contributed by atoms with Gasteiger partial charge in [0.15, 0.2) is 5.13 Å². The highest BCUT2D eigenvalue weighted by molar-refractivity contribution is 7.15. The minimum absolute atomic E-state index is 0. The first-order valence-electron chi connectivity index (χ1n) is 7.85. The molecule has 0 spiro atoms. The Morgan fingerprint density at radius 3 is 2.88 bits per heavy atom. The van der Waals surface area contributed by atoms with Gasteiger partial charge in [-0.05, 0) is 30.4 Å². The Labute approximate surface area is 157 Å². The molecular weight excluding hydrogens is 365 g/mol. The summed E-state index contributed by atoms with van der Waals surface area (Å²) in [7, 11) is 0. The SMILES string of the molecule is Cl.N[C@@H]1CCC[C@H]1CC(=O)Nc1ncc(Cc2ccccc2Cl)s1. The lowest BCUT2D eigenvalue weighted by atomic mass is 10.00. The fraction of sp³-hybridized carbons (Fsp3) is 0.412. The molecule has 1 aromatic carbocycles. The van der Waals surface area contributed by atoms with E-state index in [1.807, 2.05) is 24.3 Å². The van der Waals surface area contributed by atoms with Crippen molar-refractivity contribution in [2.75, 3.05) is 5.32 Å². The maximum atomic E-state index is 12.1. The van der Waals surface area contributed by atoms with Crippen molar-refractivity contribution >= 4 is 46.4 Å². The molecule has 0 aliphatic heterocycles. The Kier molecular flexibility index (Phi) is 7.04. The van der Waals surface area contributed by atoms with Gasteiger partial charge in [-0.1, -0.05) is 36.2 Å². The predicted octanol–water partition coefficient (Wildman–Crippen LogP) is 4.27. The molecule has 3 N–H and O–H groups in total. The van der Waals surface area contributed by atoms with Crippen LogP contribution in [0.25, 0.3) is 0 Å². The highest BCUT2D eigenvalue weighted by Gasteiger charge is 2.26. The number of nitrogens with zero attached hydrogens (tertiary/aromatic N) is 1. The van der Waals surface area contributed by atoms with Crippen LogP contribution in [0.5, 0.6) is 0 Å². The van der Waals surface area contributed by atoms with Crippen LogP contribution in [0.4, 0.5) is 5.13 Å². The molecule has 3 rings (SSSR count). The molecule has 130 valence electrons. The van der Waals surface area contributed by atoms with Crippen molar-refractivity contribution in [3.63, 3.8) is 0 Å². The van der Waals surface area contributed by atoms with Crippen LogP contribution >= 0.6 is 35.3 Å². The number of hydrogen-bond donors (Lipinski definition) is 2. The maximum Gasteiger partial charge on any atom is 0.226 e. The fourth-order valence-corrected chi connectivity index (χ4v) is 4.06. The van der Waals surface area contributed by atoms with E-state index in [2.05, 4.69) is 10.3 Å². The Hall–Kier alpha value is -1.14. The van der Waals surface area contributed by atoms with Crippen molar-refractivity contribution in [2.24, 2.45) is 11.7 Å². The molecule has 1 heterocycles. The molecule has 4 nitrogen and oxygen atoms in total. The Balaban J connectivity index is 0.00000208. The number of hydrogen-bond acceptors (Lipinski definition) is 4. The van der Waals surface area contributed by atoms with Crippen molar-refractivity contribution in [3.8, 4) is 0 Å². The summed E-state index contributed by atoms with van der Waals surface area (Å²) < 4.78 is 0. The van der Waals surface area contributed by atoms with Gasteiger partial charge in [-0.2, -0.15) is 0 Å². The molecular formula is C17H21Cl2N3OS. The van der Waals surface area contributed by atoms with Crippen LogP contribution in [0.2, 0.25) is 5.02 Å². The monoisotopic (exact) mass is 385 g/mol. The summed E-state index contributed by atoms with van der Waals surface area (Å²) >= 11 is 7.67. The predicted molar refractivity (Wildman–Crippen MR) is 102 cm³/mol. The zero-order valence-corrected chi connectivity index (χ0v) is 15.6. The molecule has 1 amide bonds. The number of amides is 1. The van der Waals surface area contributed by atoms with Gasteiger partial charge in [0.1, 0.15) is 0 Å². The Morgan fingerprint density at radius 2 is 2.17 bits per heavy atom. The summed E-state index contributed by atoms with van der Waals surface area (Å²) in [6.45, 7) is 0. The number of nitrogens with two attached hydrogens (primary N) is 1. The van der Waals surface area contributed by atoms with Gasteiger partial charge in [-0.15, -0.1) is 23.7 Å². The first kappa shape index (κ1) is 19.2. The molecule has 0 radical (unpaired) electrons. The molecule has 0 bridgehead atoms. The Bertz CT molecular complexity index is 692. The minimum Gasteiger partial charge on any atom is -0.327 e. The largest absolute Gasteiger partial charge is 0.327 e. The third-order valence-corrected chi connectivity index (χ3v) is 5.57. The van der Waals surface area contributed by atoms with Crippen LogP contribution in [0, 0.1) is 5.92 Å². The van der Waals surface area contributed by atoms with Crippen molar-refractivity contribution in [1.82, 2.24) is 4.98 Å². The second-order valence-corrected chi connectivity index (χ2v) is 7.53. The molecule has 1 aliphatic rings. The summed E-state index contributed by atoms with van der Waals surface area (Å²) in [4.78, 5) is 17.5. The molecule has 1 fully saturated rings. The van der Waals surface area contributed by atoms with Crippen LogP contribution in [0.3, 0.4) is 0 Å². The maximum absolute atomic E-state index is 12.1. The van der Waals surface area contributed by atoms with Crippen molar-refractivity contribution in [2.45, 2.75) is 38.1 Å². The summed E-state index contributed by atoms with van der Waals surface area (Å²) in [6.07, 6.45) is 6.20. The number of rotatable bonds is 5. The minimum atomic E-state index is 0. The molecule has 2 atom stereocenters. The van der Waals surface area contributed by atoms with Crippen LogP contribution in [0.15, 0.2) is 30.5 Å². The van der Waals surface area contributed by atoms with E-state index in [1.165, 1.54) is 11.3 Å². The van der Waals surface area contributed by atoms with E-state index in [4.69, 9.17) is 17.3 Å².